The van der Waals surface area contributed by atoms with Crippen molar-refractivity contribution in [3.63, 3.8) is 0 Å². The Morgan fingerprint density at radius 2 is 1.87 bits per heavy atom. The van der Waals surface area contributed by atoms with Crippen molar-refractivity contribution in [1.29, 1.82) is 0 Å². The summed E-state index contributed by atoms with van der Waals surface area (Å²) in [6.07, 6.45) is 1.72. The standard InChI is InChI=1S/C22H23N4O4P/c1-16(30-31(29,24-9-10-24)25-11-12-25)18-5-7-22(26(27)28)20(15-18)14-17-4-6-21-19(13-17)3-2-8-23-21/h2-8,13,15-16H,9-12,14H2,1H3. The van der Waals surface area contributed by atoms with Crippen LogP contribution in [0.4, 0.5) is 5.69 Å². The summed E-state index contributed by atoms with van der Waals surface area (Å²) in [6, 6.07) is 14.8. The number of benzene rings is 2. The molecule has 0 saturated carbocycles. The Hall–Kier alpha value is -2.64. The molecular weight excluding hydrogens is 415 g/mol. The van der Waals surface area contributed by atoms with Gasteiger partial charge in [0.2, 0.25) is 0 Å². The molecule has 31 heavy (non-hydrogen) atoms. The Kier molecular flexibility index (Phi) is 5.10. The maximum absolute atomic E-state index is 13.3. The molecule has 0 aliphatic carbocycles. The van der Waals surface area contributed by atoms with Gasteiger partial charge in [-0.2, -0.15) is 0 Å². The van der Waals surface area contributed by atoms with E-state index < -0.39 is 13.8 Å². The van der Waals surface area contributed by atoms with Crippen LogP contribution >= 0.6 is 7.67 Å². The Morgan fingerprint density at radius 3 is 2.55 bits per heavy atom. The number of hydrogen-bond acceptors (Lipinski definition) is 5. The Morgan fingerprint density at radius 1 is 1.13 bits per heavy atom. The molecule has 2 fully saturated rings. The van der Waals surface area contributed by atoms with Crippen molar-refractivity contribution >= 4 is 24.3 Å². The minimum atomic E-state index is -2.98. The first-order valence-electron chi connectivity index (χ1n) is 10.3. The highest BCUT2D eigenvalue weighted by Crippen LogP contribution is 2.63. The fraction of sp³-hybridized carbons (Fsp3) is 0.318. The summed E-state index contributed by atoms with van der Waals surface area (Å²) in [5.74, 6) is 0. The van der Waals surface area contributed by atoms with Gasteiger partial charge in [-0.25, -0.2) is 9.34 Å². The van der Waals surface area contributed by atoms with Crippen LogP contribution in [0.25, 0.3) is 10.9 Å². The molecule has 0 amide bonds. The highest BCUT2D eigenvalue weighted by molar-refractivity contribution is 7.54. The van der Waals surface area contributed by atoms with E-state index in [1.54, 1.807) is 12.3 Å². The minimum Gasteiger partial charge on any atom is -0.298 e. The summed E-state index contributed by atoms with van der Waals surface area (Å²) in [4.78, 5) is 15.6. The average molecular weight is 438 g/mol. The predicted molar refractivity (Wildman–Crippen MR) is 118 cm³/mol. The van der Waals surface area contributed by atoms with Crippen LogP contribution < -0.4 is 0 Å². The van der Waals surface area contributed by atoms with E-state index in [9.17, 15) is 14.7 Å². The molecule has 1 aromatic heterocycles. The van der Waals surface area contributed by atoms with E-state index in [2.05, 4.69) is 4.98 Å². The van der Waals surface area contributed by atoms with Gasteiger partial charge < -0.3 is 0 Å². The Bertz CT molecular complexity index is 1190. The zero-order chi connectivity index (χ0) is 21.6. The summed E-state index contributed by atoms with van der Waals surface area (Å²) in [6.45, 7) is 4.98. The van der Waals surface area contributed by atoms with Gasteiger partial charge >= 0.3 is 7.67 Å². The number of rotatable bonds is 8. The van der Waals surface area contributed by atoms with Gasteiger partial charge in [0, 0.05) is 55.8 Å². The van der Waals surface area contributed by atoms with E-state index >= 15 is 0 Å². The van der Waals surface area contributed by atoms with Crippen LogP contribution in [0.3, 0.4) is 0 Å². The lowest BCUT2D eigenvalue weighted by atomic mass is 9.98. The summed E-state index contributed by atoms with van der Waals surface area (Å²) in [7, 11) is -2.98. The molecular formula is C22H23N4O4P. The fourth-order valence-corrected chi connectivity index (χ4v) is 6.15. The van der Waals surface area contributed by atoms with Crippen molar-refractivity contribution in [3.8, 4) is 0 Å². The first-order valence-corrected chi connectivity index (χ1v) is 11.9. The highest BCUT2D eigenvalue weighted by Gasteiger charge is 2.50. The molecule has 3 aromatic rings. The summed E-state index contributed by atoms with van der Waals surface area (Å²) < 4.78 is 23.1. The van der Waals surface area contributed by atoms with Gasteiger partial charge in [0.25, 0.3) is 5.69 Å². The van der Waals surface area contributed by atoms with Crippen molar-refractivity contribution in [2.75, 3.05) is 26.2 Å². The molecule has 9 heteroatoms. The van der Waals surface area contributed by atoms with Crippen molar-refractivity contribution in [2.45, 2.75) is 19.4 Å². The molecule has 0 radical (unpaired) electrons. The van der Waals surface area contributed by atoms with Gasteiger partial charge in [-0.15, -0.1) is 0 Å². The van der Waals surface area contributed by atoms with E-state index in [1.807, 2.05) is 52.7 Å². The molecule has 5 rings (SSSR count). The molecule has 0 N–H and O–H groups in total. The number of aromatic nitrogens is 1. The number of fused-ring (bicyclic) bond motifs is 1. The quantitative estimate of drug-likeness (QED) is 0.221. The normalized spacial score (nSPS) is 17.6. The van der Waals surface area contributed by atoms with Gasteiger partial charge in [0.05, 0.1) is 16.5 Å². The van der Waals surface area contributed by atoms with Crippen LogP contribution in [0.15, 0.2) is 54.7 Å². The third-order valence-corrected chi connectivity index (χ3v) is 8.51. The van der Waals surface area contributed by atoms with Gasteiger partial charge in [-0.1, -0.05) is 12.1 Å². The smallest absolute Gasteiger partial charge is 0.298 e. The topological polar surface area (TPSA) is 88.3 Å². The van der Waals surface area contributed by atoms with Gasteiger partial charge in [-0.3, -0.25) is 24.2 Å². The van der Waals surface area contributed by atoms with Crippen LogP contribution in [-0.4, -0.2) is 45.4 Å². The Labute approximate surface area is 180 Å². The van der Waals surface area contributed by atoms with Crippen LogP contribution in [0.5, 0.6) is 0 Å². The second kappa shape index (κ2) is 7.80. The number of hydrogen-bond donors (Lipinski definition) is 0. The van der Waals surface area contributed by atoms with E-state index in [-0.39, 0.29) is 10.6 Å². The largest absolute Gasteiger partial charge is 0.346 e. The third kappa shape index (κ3) is 4.12. The van der Waals surface area contributed by atoms with Gasteiger partial charge in [-0.05, 0) is 48.4 Å². The zero-order valence-corrected chi connectivity index (χ0v) is 18.1. The zero-order valence-electron chi connectivity index (χ0n) is 17.2. The van der Waals surface area contributed by atoms with Gasteiger partial charge in [0.1, 0.15) is 0 Å². The van der Waals surface area contributed by atoms with E-state index in [0.29, 0.717) is 12.0 Å². The SMILES string of the molecule is CC(OP(=O)(N1CC1)N1CC1)c1ccc([N+](=O)[O-])c(Cc2ccc3ncccc3c2)c1. The van der Waals surface area contributed by atoms with E-state index in [1.165, 1.54) is 6.07 Å². The van der Waals surface area contributed by atoms with Crippen molar-refractivity contribution in [3.05, 3.63) is 81.5 Å². The second-order valence-electron chi connectivity index (χ2n) is 8.00. The number of nitrogens with zero attached hydrogens (tertiary/aromatic N) is 4. The van der Waals surface area contributed by atoms with E-state index in [0.717, 1.165) is 48.2 Å². The maximum atomic E-state index is 13.3. The van der Waals surface area contributed by atoms with Crippen LogP contribution in [0.1, 0.15) is 29.7 Å². The van der Waals surface area contributed by atoms with Crippen molar-refractivity contribution < 1.29 is 14.0 Å². The molecule has 0 bridgehead atoms. The molecule has 160 valence electrons. The number of pyridine rings is 1. The number of nitro benzene ring substituents is 1. The highest BCUT2D eigenvalue weighted by atomic mass is 31.2. The molecule has 1 atom stereocenters. The van der Waals surface area contributed by atoms with Crippen molar-refractivity contribution in [2.24, 2.45) is 0 Å². The van der Waals surface area contributed by atoms with Crippen molar-refractivity contribution in [1.82, 2.24) is 14.3 Å². The van der Waals surface area contributed by atoms with E-state index in [4.69, 9.17) is 4.52 Å². The lowest BCUT2D eigenvalue weighted by Gasteiger charge is -2.24. The lowest BCUT2D eigenvalue weighted by molar-refractivity contribution is -0.385. The molecule has 8 nitrogen and oxygen atoms in total. The maximum Gasteiger partial charge on any atom is 0.346 e. The molecule has 0 spiro atoms. The minimum absolute atomic E-state index is 0.0716. The Balaban J connectivity index is 1.44. The summed E-state index contributed by atoms with van der Waals surface area (Å²) in [5.41, 5.74) is 3.31. The fourth-order valence-electron chi connectivity index (χ4n) is 3.81. The first-order chi connectivity index (χ1) is 14.9. The van der Waals surface area contributed by atoms with Gasteiger partial charge in [0.15, 0.2) is 0 Å². The lowest BCUT2D eigenvalue weighted by Crippen LogP contribution is -2.11. The predicted octanol–water partition coefficient (Wildman–Crippen LogP) is 4.55. The summed E-state index contributed by atoms with van der Waals surface area (Å²) >= 11 is 0. The number of nitro groups is 1. The molecule has 2 saturated heterocycles. The first kappa shape index (κ1) is 20.3. The molecule has 2 aromatic carbocycles. The molecule has 2 aliphatic heterocycles. The van der Waals surface area contributed by atoms with Crippen LogP contribution in [0, 0.1) is 10.1 Å². The molecule has 3 heterocycles. The molecule has 2 aliphatic rings. The average Bonchev–Trinajstić information content (AvgIpc) is 3.65. The third-order valence-electron chi connectivity index (χ3n) is 5.69. The monoisotopic (exact) mass is 438 g/mol. The molecule has 1 unspecified atom stereocenters. The second-order valence-corrected chi connectivity index (χ2v) is 10.3. The summed E-state index contributed by atoms with van der Waals surface area (Å²) in [5, 5.41) is 12.6. The van der Waals surface area contributed by atoms with Crippen LogP contribution in [0.2, 0.25) is 0 Å². The van der Waals surface area contributed by atoms with Crippen LogP contribution in [-0.2, 0) is 15.5 Å².